The molecule has 0 saturated heterocycles. The van der Waals surface area contributed by atoms with Crippen molar-refractivity contribution in [2.24, 2.45) is 5.73 Å². The molecule has 7 heteroatoms. The molecule has 1 aromatic carbocycles. The summed E-state index contributed by atoms with van der Waals surface area (Å²) in [6, 6.07) is 10.1. The van der Waals surface area contributed by atoms with E-state index in [-0.39, 0.29) is 18.4 Å². The van der Waals surface area contributed by atoms with Crippen molar-refractivity contribution in [2.45, 2.75) is 44.6 Å². The second-order valence-electron chi connectivity index (χ2n) is 6.24. The first kappa shape index (κ1) is 21.4. The molecule has 1 aliphatic carbocycles. The van der Waals surface area contributed by atoms with Gasteiger partial charge in [0, 0.05) is 32.7 Å². The van der Waals surface area contributed by atoms with Crippen LogP contribution in [0, 0.1) is 0 Å². The Morgan fingerprint density at radius 3 is 2.29 bits per heavy atom. The van der Waals surface area contributed by atoms with Crippen LogP contribution in [-0.4, -0.2) is 49.8 Å². The lowest BCUT2D eigenvalue weighted by Crippen LogP contribution is -2.49. The van der Waals surface area contributed by atoms with E-state index in [2.05, 4.69) is 0 Å². The summed E-state index contributed by atoms with van der Waals surface area (Å²) in [5, 5.41) is 0. The highest BCUT2D eigenvalue weighted by Crippen LogP contribution is 2.24. The van der Waals surface area contributed by atoms with Crippen LogP contribution in [0.15, 0.2) is 30.3 Å². The van der Waals surface area contributed by atoms with E-state index in [1.807, 2.05) is 30.3 Å². The minimum Gasteiger partial charge on any atom is -0.329 e. The summed E-state index contributed by atoms with van der Waals surface area (Å²) in [5.41, 5.74) is 6.79. The van der Waals surface area contributed by atoms with Crippen molar-refractivity contribution in [1.82, 2.24) is 8.61 Å². The molecule has 5 nitrogen and oxygen atoms in total. The average molecular weight is 376 g/mol. The van der Waals surface area contributed by atoms with Crippen molar-refractivity contribution >= 4 is 22.6 Å². The SMILES string of the molecule is CN(C1CCCCC1)S(=O)(=O)N(CCN)CCc1ccccc1.Cl. The highest BCUT2D eigenvalue weighted by atomic mass is 35.5. The molecule has 0 heterocycles. The molecule has 2 rings (SSSR count). The van der Waals surface area contributed by atoms with Gasteiger partial charge < -0.3 is 5.73 Å². The standard InChI is InChI=1S/C17H29N3O2S.ClH/c1-19(17-10-6-3-7-11-17)23(21,22)20(15-13-18)14-12-16-8-4-2-5-9-16;/h2,4-5,8-9,17H,3,6-7,10-15,18H2,1H3;1H. The van der Waals surface area contributed by atoms with Gasteiger partial charge in [-0.15, -0.1) is 12.4 Å². The van der Waals surface area contributed by atoms with Gasteiger partial charge in [0.2, 0.25) is 0 Å². The quantitative estimate of drug-likeness (QED) is 0.758. The molecule has 0 atom stereocenters. The van der Waals surface area contributed by atoms with Crippen LogP contribution >= 0.6 is 12.4 Å². The highest BCUT2D eigenvalue weighted by molar-refractivity contribution is 7.86. The molecule has 0 radical (unpaired) electrons. The van der Waals surface area contributed by atoms with Gasteiger partial charge in [0.05, 0.1) is 0 Å². The van der Waals surface area contributed by atoms with Gasteiger partial charge in [-0.05, 0) is 24.8 Å². The van der Waals surface area contributed by atoms with E-state index in [4.69, 9.17) is 5.73 Å². The zero-order valence-electron chi connectivity index (χ0n) is 14.4. The Labute approximate surface area is 152 Å². The van der Waals surface area contributed by atoms with E-state index >= 15 is 0 Å². The van der Waals surface area contributed by atoms with Gasteiger partial charge in [-0.3, -0.25) is 0 Å². The fraction of sp³-hybridized carbons (Fsp3) is 0.647. The van der Waals surface area contributed by atoms with Crippen LogP contribution in [0.25, 0.3) is 0 Å². The third kappa shape index (κ3) is 5.70. The molecule has 1 aliphatic rings. The topological polar surface area (TPSA) is 66.6 Å². The predicted octanol–water partition coefficient (Wildman–Crippen LogP) is 2.42. The Bertz CT molecular complexity index is 562. The normalized spacial score (nSPS) is 16.3. The number of benzene rings is 1. The Morgan fingerprint density at radius 1 is 1.08 bits per heavy atom. The smallest absolute Gasteiger partial charge is 0.282 e. The molecule has 24 heavy (non-hydrogen) atoms. The van der Waals surface area contributed by atoms with E-state index in [9.17, 15) is 8.42 Å². The van der Waals surface area contributed by atoms with Gasteiger partial charge in [0.25, 0.3) is 10.2 Å². The summed E-state index contributed by atoms with van der Waals surface area (Å²) in [6.07, 6.45) is 6.08. The molecule has 0 unspecified atom stereocenters. The number of rotatable bonds is 8. The van der Waals surface area contributed by atoms with Crippen LogP contribution in [0.4, 0.5) is 0 Å². The van der Waals surface area contributed by atoms with Crippen molar-refractivity contribution in [3.05, 3.63) is 35.9 Å². The largest absolute Gasteiger partial charge is 0.329 e. The Morgan fingerprint density at radius 2 is 1.71 bits per heavy atom. The molecular formula is C17H30ClN3O2S. The average Bonchev–Trinajstić information content (AvgIpc) is 2.59. The van der Waals surface area contributed by atoms with Crippen molar-refractivity contribution in [3.63, 3.8) is 0 Å². The number of hydrogen-bond acceptors (Lipinski definition) is 3. The summed E-state index contributed by atoms with van der Waals surface area (Å²) in [5.74, 6) is 0. The molecule has 0 aliphatic heterocycles. The first-order chi connectivity index (χ1) is 11.1. The van der Waals surface area contributed by atoms with E-state index in [0.29, 0.717) is 26.1 Å². The summed E-state index contributed by atoms with van der Waals surface area (Å²) >= 11 is 0. The van der Waals surface area contributed by atoms with Crippen LogP contribution in [0.2, 0.25) is 0 Å². The third-order valence-corrected chi connectivity index (χ3v) is 6.69. The fourth-order valence-corrected chi connectivity index (χ4v) is 4.81. The van der Waals surface area contributed by atoms with Crippen molar-refractivity contribution < 1.29 is 8.42 Å². The van der Waals surface area contributed by atoms with Crippen molar-refractivity contribution in [2.75, 3.05) is 26.7 Å². The van der Waals surface area contributed by atoms with Crippen LogP contribution in [-0.2, 0) is 16.6 Å². The Balaban J connectivity index is 0.00000288. The number of nitrogens with zero attached hydrogens (tertiary/aromatic N) is 2. The van der Waals surface area contributed by atoms with Gasteiger partial charge in [0.1, 0.15) is 0 Å². The Hall–Kier alpha value is -0.660. The van der Waals surface area contributed by atoms with Crippen LogP contribution in [0.5, 0.6) is 0 Å². The number of nitrogens with two attached hydrogens (primary N) is 1. The van der Waals surface area contributed by atoms with E-state index in [1.54, 1.807) is 11.4 Å². The Kier molecular flexibility index (Phi) is 9.23. The van der Waals surface area contributed by atoms with Gasteiger partial charge in [-0.25, -0.2) is 0 Å². The van der Waals surface area contributed by atoms with Gasteiger partial charge >= 0.3 is 0 Å². The second kappa shape index (κ2) is 10.4. The van der Waals surface area contributed by atoms with Gasteiger partial charge in [-0.2, -0.15) is 17.0 Å². The third-order valence-electron chi connectivity index (χ3n) is 4.65. The maximum absolute atomic E-state index is 12.9. The molecule has 0 aromatic heterocycles. The molecule has 0 amide bonds. The molecule has 138 valence electrons. The summed E-state index contributed by atoms with van der Waals surface area (Å²) in [6.45, 7) is 1.18. The highest BCUT2D eigenvalue weighted by Gasteiger charge is 2.32. The molecule has 0 bridgehead atoms. The van der Waals surface area contributed by atoms with Crippen LogP contribution < -0.4 is 5.73 Å². The summed E-state index contributed by atoms with van der Waals surface area (Å²) in [7, 11) is -1.73. The zero-order chi connectivity index (χ0) is 16.7. The van der Waals surface area contributed by atoms with Gasteiger partial charge in [0.15, 0.2) is 0 Å². The predicted molar refractivity (Wildman–Crippen MR) is 102 cm³/mol. The summed E-state index contributed by atoms with van der Waals surface area (Å²) < 4.78 is 29.0. The molecule has 1 fully saturated rings. The van der Waals surface area contributed by atoms with Crippen molar-refractivity contribution in [1.29, 1.82) is 0 Å². The first-order valence-corrected chi connectivity index (χ1v) is 9.92. The molecular weight excluding hydrogens is 346 g/mol. The lowest BCUT2D eigenvalue weighted by molar-refractivity contribution is 0.263. The monoisotopic (exact) mass is 375 g/mol. The minimum absolute atomic E-state index is 0. The lowest BCUT2D eigenvalue weighted by atomic mass is 9.96. The maximum Gasteiger partial charge on any atom is 0.282 e. The van der Waals surface area contributed by atoms with E-state index < -0.39 is 10.2 Å². The number of hydrogen-bond donors (Lipinski definition) is 1. The van der Waals surface area contributed by atoms with E-state index in [0.717, 1.165) is 31.2 Å². The summed E-state index contributed by atoms with van der Waals surface area (Å²) in [4.78, 5) is 0. The number of halogens is 1. The molecule has 2 N–H and O–H groups in total. The minimum atomic E-state index is -3.45. The second-order valence-corrected chi connectivity index (χ2v) is 8.23. The van der Waals surface area contributed by atoms with Crippen LogP contribution in [0.3, 0.4) is 0 Å². The van der Waals surface area contributed by atoms with Crippen molar-refractivity contribution in [3.8, 4) is 0 Å². The van der Waals surface area contributed by atoms with Crippen LogP contribution in [0.1, 0.15) is 37.7 Å². The van der Waals surface area contributed by atoms with Gasteiger partial charge in [-0.1, -0.05) is 49.6 Å². The molecule has 1 saturated carbocycles. The zero-order valence-corrected chi connectivity index (χ0v) is 16.1. The maximum atomic E-state index is 12.9. The lowest BCUT2D eigenvalue weighted by Gasteiger charge is -2.34. The molecule has 1 aromatic rings. The van der Waals surface area contributed by atoms with E-state index in [1.165, 1.54) is 10.7 Å². The molecule has 0 spiro atoms. The fourth-order valence-electron chi connectivity index (χ4n) is 3.20. The first-order valence-electron chi connectivity index (χ1n) is 8.53.